The number of nitrogens with zero attached hydrogens (tertiary/aromatic N) is 5. The van der Waals surface area contributed by atoms with E-state index in [4.69, 9.17) is 0 Å². The number of pyridine rings is 1. The zero-order valence-electron chi connectivity index (χ0n) is 15.8. The Hall–Kier alpha value is -3.33. The van der Waals surface area contributed by atoms with Crippen LogP contribution in [-0.2, 0) is 0 Å². The molecule has 0 aliphatic carbocycles. The monoisotopic (exact) mass is 409 g/mol. The number of anilines is 1. The Labute approximate surface area is 171 Å². The number of benzene rings is 1. The van der Waals surface area contributed by atoms with Crippen molar-refractivity contribution in [1.29, 1.82) is 0 Å². The summed E-state index contributed by atoms with van der Waals surface area (Å²) >= 11 is 1.37. The zero-order valence-corrected chi connectivity index (χ0v) is 16.6. The molecule has 9 heteroatoms. The van der Waals surface area contributed by atoms with E-state index < -0.39 is 4.92 Å². The summed E-state index contributed by atoms with van der Waals surface area (Å²) in [6, 6.07) is 12.2. The van der Waals surface area contributed by atoms with Crippen LogP contribution in [0, 0.1) is 17.0 Å². The van der Waals surface area contributed by atoms with Crippen molar-refractivity contribution in [2.24, 2.45) is 0 Å². The van der Waals surface area contributed by atoms with Crippen LogP contribution in [0.4, 0.5) is 11.4 Å². The van der Waals surface area contributed by atoms with Gasteiger partial charge in [-0.25, -0.2) is 4.98 Å². The predicted octanol–water partition coefficient (Wildman–Crippen LogP) is 3.38. The lowest BCUT2D eigenvalue weighted by Gasteiger charge is -2.36. The van der Waals surface area contributed by atoms with Gasteiger partial charge in [0.2, 0.25) is 0 Å². The normalized spacial score (nSPS) is 14.1. The van der Waals surface area contributed by atoms with Gasteiger partial charge < -0.3 is 9.80 Å². The van der Waals surface area contributed by atoms with Gasteiger partial charge in [-0.15, -0.1) is 11.3 Å². The number of thiazole rings is 1. The molecule has 1 aromatic carbocycles. The summed E-state index contributed by atoms with van der Waals surface area (Å²) in [6.45, 7) is 4.38. The van der Waals surface area contributed by atoms with E-state index in [0.717, 1.165) is 22.1 Å². The topological polar surface area (TPSA) is 92.5 Å². The molecule has 4 rings (SSSR count). The van der Waals surface area contributed by atoms with Crippen molar-refractivity contribution in [3.8, 4) is 10.7 Å². The summed E-state index contributed by atoms with van der Waals surface area (Å²) in [4.78, 5) is 36.9. The molecule has 3 heterocycles. The summed E-state index contributed by atoms with van der Waals surface area (Å²) in [7, 11) is 0. The Bertz CT molecular complexity index is 1030. The first-order chi connectivity index (χ1) is 14.0. The van der Waals surface area contributed by atoms with E-state index in [1.807, 2.05) is 30.0 Å². The SMILES string of the molecule is Cc1nc(-c2ccccn2)sc1C(=O)N1CCN(c2ccc([N+](=O)[O-])cc2)CC1. The van der Waals surface area contributed by atoms with Gasteiger partial charge in [-0.3, -0.25) is 19.9 Å². The van der Waals surface area contributed by atoms with Crippen LogP contribution in [0.5, 0.6) is 0 Å². The Morgan fingerprint density at radius 1 is 1.10 bits per heavy atom. The van der Waals surface area contributed by atoms with Crippen molar-refractivity contribution < 1.29 is 9.72 Å². The Kier molecular flexibility index (Phi) is 5.22. The highest BCUT2D eigenvalue weighted by atomic mass is 32.1. The third-order valence-corrected chi connectivity index (χ3v) is 6.04. The second-order valence-corrected chi connectivity index (χ2v) is 7.70. The van der Waals surface area contributed by atoms with Crippen LogP contribution in [0.1, 0.15) is 15.4 Å². The molecule has 0 spiro atoms. The van der Waals surface area contributed by atoms with Gasteiger partial charge >= 0.3 is 0 Å². The van der Waals surface area contributed by atoms with Gasteiger partial charge in [-0.05, 0) is 31.2 Å². The fourth-order valence-corrected chi connectivity index (χ4v) is 4.30. The molecule has 1 aliphatic rings. The number of rotatable bonds is 4. The van der Waals surface area contributed by atoms with Crippen LogP contribution in [-0.4, -0.2) is 51.9 Å². The van der Waals surface area contributed by atoms with Gasteiger partial charge in [0, 0.05) is 50.2 Å². The van der Waals surface area contributed by atoms with Crippen LogP contribution < -0.4 is 4.90 Å². The third kappa shape index (κ3) is 3.95. The molecule has 1 amide bonds. The number of hydrogen-bond donors (Lipinski definition) is 0. The van der Waals surface area contributed by atoms with Crippen molar-refractivity contribution in [3.63, 3.8) is 0 Å². The summed E-state index contributed by atoms with van der Waals surface area (Å²) in [6.07, 6.45) is 1.71. The largest absolute Gasteiger partial charge is 0.368 e. The number of amides is 1. The van der Waals surface area contributed by atoms with Gasteiger partial charge in [-0.1, -0.05) is 6.07 Å². The van der Waals surface area contributed by atoms with Crippen molar-refractivity contribution in [3.05, 3.63) is 69.3 Å². The first-order valence-corrected chi connectivity index (χ1v) is 10.0. The minimum Gasteiger partial charge on any atom is -0.368 e. The Morgan fingerprint density at radius 2 is 1.83 bits per heavy atom. The smallest absolute Gasteiger partial charge is 0.269 e. The molecule has 3 aromatic rings. The molecular formula is C20H19N5O3S. The van der Waals surface area contributed by atoms with Crippen LogP contribution in [0.3, 0.4) is 0 Å². The van der Waals surface area contributed by atoms with E-state index in [1.165, 1.54) is 23.5 Å². The lowest BCUT2D eigenvalue weighted by Crippen LogP contribution is -2.48. The second-order valence-electron chi connectivity index (χ2n) is 6.70. The fraction of sp³-hybridized carbons (Fsp3) is 0.250. The van der Waals surface area contributed by atoms with Gasteiger partial charge in [0.15, 0.2) is 0 Å². The third-order valence-electron chi connectivity index (χ3n) is 4.87. The van der Waals surface area contributed by atoms with Crippen molar-refractivity contribution in [2.45, 2.75) is 6.92 Å². The van der Waals surface area contributed by atoms with Crippen LogP contribution in [0.25, 0.3) is 10.7 Å². The van der Waals surface area contributed by atoms with Crippen LogP contribution in [0.2, 0.25) is 0 Å². The Morgan fingerprint density at radius 3 is 2.45 bits per heavy atom. The molecule has 0 atom stereocenters. The van der Waals surface area contributed by atoms with E-state index in [1.54, 1.807) is 18.3 Å². The molecule has 29 heavy (non-hydrogen) atoms. The first kappa shape index (κ1) is 19.0. The van der Waals surface area contributed by atoms with E-state index in [2.05, 4.69) is 14.9 Å². The van der Waals surface area contributed by atoms with Crippen molar-refractivity contribution >= 4 is 28.6 Å². The van der Waals surface area contributed by atoms with Gasteiger partial charge in [0.1, 0.15) is 9.88 Å². The minimum atomic E-state index is -0.406. The van der Waals surface area contributed by atoms with E-state index in [0.29, 0.717) is 31.1 Å². The highest BCUT2D eigenvalue weighted by molar-refractivity contribution is 7.17. The molecule has 8 nitrogen and oxygen atoms in total. The van der Waals surface area contributed by atoms with Crippen molar-refractivity contribution in [2.75, 3.05) is 31.1 Å². The van der Waals surface area contributed by atoms with Gasteiger partial charge in [0.25, 0.3) is 11.6 Å². The van der Waals surface area contributed by atoms with Crippen LogP contribution >= 0.6 is 11.3 Å². The number of carbonyl (C=O) groups is 1. The average Bonchev–Trinajstić information content (AvgIpc) is 3.15. The first-order valence-electron chi connectivity index (χ1n) is 9.20. The molecule has 1 fully saturated rings. The molecule has 0 radical (unpaired) electrons. The van der Waals surface area contributed by atoms with Gasteiger partial charge in [-0.2, -0.15) is 0 Å². The molecular weight excluding hydrogens is 390 g/mol. The number of non-ortho nitro benzene ring substituents is 1. The molecule has 2 aromatic heterocycles. The lowest BCUT2D eigenvalue weighted by molar-refractivity contribution is -0.384. The van der Waals surface area contributed by atoms with E-state index in [-0.39, 0.29) is 11.6 Å². The summed E-state index contributed by atoms with van der Waals surface area (Å²) in [5, 5.41) is 11.5. The fourth-order valence-electron chi connectivity index (χ4n) is 3.29. The zero-order chi connectivity index (χ0) is 20.4. The molecule has 1 aliphatic heterocycles. The van der Waals surface area contributed by atoms with E-state index in [9.17, 15) is 14.9 Å². The maximum atomic E-state index is 13.0. The average molecular weight is 409 g/mol. The highest BCUT2D eigenvalue weighted by Crippen LogP contribution is 2.28. The number of nitro groups is 1. The number of carbonyl (C=O) groups excluding carboxylic acids is 1. The number of nitro benzene ring substituents is 1. The highest BCUT2D eigenvalue weighted by Gasteiger charge is 2.26. The number of hydrogen-bond acceptors (Lipinski definition) is 7. The molecule has 0 N–H and O–H groups in total. The second kappa shape index (κ2) is 7.96. The molecule has 0 saturated carbocycles. The molecule has 0 bridgehead atoms. The number of aryl methyl sites for hydroxylation is 1. The van der Waals surface area contributed by atoms with Gasteiger partial charge in [0.05, 0.1) is 16.3 Å². The minimum absolute atomic E-state index is 0.00877. The van der Waals surface area contributed by atoms with Crippen molar-refractivity contribution in [1.82, 2.24) is 14.9 Å². The predicted molar refractivity (Wildman–Crippen MR) is 111 cm³/mol. The standard InChI is InChI=1S/C20H19N5O3S/c1-14-18(29-19(22-14)17-4-2-3-9-21-17)20(26)24-12-10-23(11-13-24)15-5-7-16(8-6-15)25(27)28/h2-9H,10-13H2,1H3. The summed E-state index contributed by atoms with van der Waals surface area (Å²) in [5.74, 6) is -0.00877. The quantitative estimate of drug-likeness (QED) is 0.484. The maximum absolute atomic E-state index is 13.0. The molecule has 148 valence electrons. The van der Waals surface area contributed by atoms with Crippen LogP contribution in [0.15, 0.2) is 48.7 Å². The molecule has 0 unspecified atom stereocenters. The summed E-state index contributed by atoms with van der Waals surface area (Å²) < 4.78 is 0. The maximum Gasteiger partial charge on any atom is 0.269 e. The Balaban J connectivity index is 1.43. The lowest BCUT2D eigenvalue weighted by atomic mass is 10.2. The number of piperazine rings is 1. The van der Waals surface area contributed by atoms with E-state index >= 15 is 0 Å². The molecule has 1 saturated heterocycles. The number of aromatic nitrogens is 2. The summed E-state index contributed by atoms with van der Waals surface area (Å²) in [5.41, 5.74) is 2.49.